The molecule has 0 aromatic heterocycles. The summed E-state index contributed by atoms with van der Waals surface area (Å²) in [6.45, 7) is 6.15. The summed E-state index contributed by atoms with van der Waals surface area (Å²) < 4.78 is 0. The van der Waals surface area contributed by atoms with Crippen LogP contribution >= 0.6 is 12.6 Å². The summed E-state index contributed by atoms with van der Waals surface area (Å²) in [6, 6.07) is -0.598. The van der Waals surface area contributed by atoms with Crippen LogP contribution < -0.4 is 16.0 Å². The molecule has 16 heavy (non-hydrogen) atoms. The minimum absolute atomic E-state index is 0.211. The molecule has 6 heteroatoms. The van der Waals surface area contributed by atoms with Gasteiger partial charge in [-0.2, -0.15) is 12.6 Å². The molecule has 5 nitrogen and oxygen atoms in total. The lowest BCUT2D eigenvalue weighted by Gasteiger charge is -2.26. The van der Waals surface area contributed by atoms with Gasteiger partial charge in [0.15, 0.2) is 0 Å². The Morgan fingerprint density at radius 3 is 2.31 bits per heavy atom. The van der Waals surface area contributed by atoms with Gasteiger partial charge in [-0.1, -0.05) is 6.92 Å². The number of carbonyl (C=O) groups is 2. The molecule has 0 saturated carbocycles. The number of hydrogen-bond donors (Lipinski definition) is 4. The lowest BCUT2D eigenvalue weighted by Crippen LogP contribution is -2.58. The van der Waals surface area contributed by atoms with Crippen molar-refractivity contribution >= 4 is 24.4 Å². The number of nitrogens with one attached hydrogen (secondary N) is 3. The largest absolute Gasteiger partial charge is 0.357 e. The van der Waals surface area contributed by atoms with Gasteiger partial charge in [0, 0.05) is 12.8 Å². The summed E-state index contributed by atoms with van der Waals surface area (Å²) in [5.74, 6) is -0.180. The number of carbonyl (C=O) groups excluding carboxylic acids is 2. The van der Waals surface area contributed by atoms with Gasteiger partial charge < -0.3 is 16.0 Å². The number of thiol groups is 1. The first-order chi connectivity index (χ1) is 7.38. The third kappa shape index (κ3) is 4.40. The number of rotatable bonds is 6. The first-order valence-corrected chi connectivity index (χ1v) is 5.90. The highest BCUT2D eigenvalue weighted by Crippen LogP contribution is 2.02. The van der Waals surface area contributed by atoms with Crippen LogP contribution in [0.15, 0.2) is 0 Å². The highest BCUT2D eigenvalue weighted by atomic mass is 32.1. The van der Waals surface area contributed by atoms with E-state index >= 15 is 0 Å². The predicted molar refractivity (Wildman–Crippen MR) is 67.6 cm³/mol. The van der Waals surface area contributed by atoms with Crippen LogP contribution in [0, 0.1) is 0 Å². The molecule has 0 aliphatic heterocycles. The van der Waals surface area contributed by atoms with E-state index in [-0.39, 0.29) is 17.6 Å². The van der Waals surface area contributed by atoms with Gasteiger partial charge in [0.05, 0.1) is 5.54 Å². The smallest absolute Gasteiger partial charge is 0.243 e. The summed E-state index contributed by atoms with van der Waals surface area (Å²) >= 11 is 4.04. The molecule has 1 atom stereocenters. The number of hydrogen-bond acceptors (Lipinski definition) is 4. The molecule has 0 heterocycles. The molecule has 0 bridgehead atoms. The van der Waals surface area contributed by atoms with Crippen LogP contribution in [0.25, 0.3) is 0 Å². The molecule has 0 unspecified atom stereocenters. The Morgan fingerprint density at radius 2 is 1.94 bits per heavy atom. The van der Waals surface area contributed by atoms with E-state index in [1.165, 1.54) is 7.05 Å². The van der Waals surface area contributed by atoms with Gasteiger partial charge in [-0.15, -0.1) is 0 Å². The predicted octanol–water partition coefficient (Wildman–Crippen LogP) is -0.465. The summed E-state index contributed by atoms with van der Waals surface area (Å²) in [6.07, 6.45) is 0. The summed E-state index contributed by atoms with van der Waals surface area (Å²) in [5.41, 5.74) is -0.691. The van der Waals surface area contributed by atoms with Crippen LogP contribution in [-0.4, -0.2) is 42.7 Å². The van der Waals surface area contributed by atoms with E-state index < -0.39 is 11.6 Å². The number of likely N-dealkylation sites (N-methyl/N-ethyl adjacent to an activating group) is 2. The second kappa shape index (κ2) is 6.75. The molecule has 0 aromatic carbocycles. The number of amides is 2. The molecular weight excluding hydrogens is 226 g/mol. The molecule has 0 aliphatic carbocycles. The lowest BCUT2D eigenvalue weighted by molar-refractivity contribution is -0.131. The molecule has 0 aliphatic rings. The van der Waals surface area contributed by atoms with Crippen LogP contribution in [0.4, 0.5) is 0 Å². The first kappa shape index (κ1) is 15.2. The van der Waals surface area contributed by atoms with Crippen molar-refractivity contribution < 1.29 is 9.59 Å². The van der Waals surface area contributed by atoms with Gasteiger partial charge >= 0.3 is 0 Å². The zero-order valence-electron chi connectivity index (χ0n) is 10.3. The van der Waals surface area contributed by atoms with Gasteiger partial charge in [-0.3, -0.25) is 9.59 Å². The van der Waals surface area contributed by atoms with Crippen LogP contribution in [0.5, 0.6) is 0 Å². The Hall–Kier alpha value is -0.750. The van der Waals surface area contributed by atoms with Gasteiger partial charge in [-0.05, 0) is 20.4 Å². The zero-order chi connectivity index (χ0) is 12.8. The normalized spacial score (nSPS) is 13.1. The van der Waals surface area contributed by atoms with E-state index in [4.69, 9.17) is 0 Å². The molecular formula is C10H21N3O2S. The van der Waals surface area contributed by atoms with Crippen molar-refractivity contribution in [1.29, 1.82) is 0 Å². The molecule has 94 valence electrons. The molecule has 0 aromatic rings. The summed E-state index contributed by atoms with van der Waals surface area (Å²) in [4.78, 5) is 23.2. The fourth-order valence-corrected chi connectivity index (χ4v) is 1.49. The van der Waals surface area contributed by atoms with E-state index in [2.05, 4.69) is 28.6 Å². The van der Waals surface area contributed by atoms with Crippen LogP contribution in [0.2, 0.25) is 0 Å². The Labute approximate surface area is 102 Å². The fraction of sp³-hybridized carbons (Fsp3) is 0.800. The van der Waals surface area contributed by atoms with Crippen LogP contribution in [0.1, 0.15) is 20.8 Å². The average Bonchev–Trinajstić information content (AvgIpc) is 2.24. The van der Waals surface area contributed by atoms with E-state index in [9.17, 15) is 9.59 Å². The van der Waals surface area contributed by atoms with Crippen molar-refractivity contribution in [2.75, 3.05) is 19.3 Å². The lowest BCUT2D eigenvalue weighted by atomic mass is 10.0. The Bertz CT molecular complexity index is 256. The highest BCUT2D eigenvalue weighted by molar-refractivity contribution is 7.80. The topological polar surface area (TPSA) is 70.2 Å². The van der Waals surface area contributed by atoms with Gasteiger partial charge in [-0.25, -0.2) is 0 Å². The second-order valence-corrected chi connectivity index (χ2v) is 4.34. The second-order valence-electron chi connectivity index (χ2n) is 3.98. The van der Waals surface area contributed by atoms with Crippen molar-refractivity contribution in [3.63, 3.8) is 0 Å². The van der Waals surface area contributed by atoms with Crippen LogP contribution in [-0.2, 0) is 9.59 Å². The molecule has 2 amide bonds. The van der Waals surface area contributed by atoms with Crippen molar-refractivity contribution in [1.82, 2.24) is 16.0 Å². The Kier molecular flexibility index (Phi) is 6.43. The minimum atomic E-state index is -0.691. The maximum absolute atomic E-state index is 11.9. The maximum atomic E-state index is 11.9. The SMILES string of the molecule is CCNC(C)(C)C(=O)N[C@H](CS)C(=O)NC. The van der Waals surface area contributed by atoms with Gasteiger partial charge in [0.1, 0.15) is 6.04 Å². The molecule has 0 rings (SSSR count). The minimum Gasteiger partial charge on any atom is -0.357 e. The third-order valence-electron chi connectivity index (χ3n) is 2.24. The molecule has 0 radical (unpaired) electrons. The Morgan fingerprint density at radius 1 is 1.38 bits per heavy atom. The first-order valence-electron chi connectivity index (χ1n) is 5.27. The van der Waals surface area contributed by atoms with E-state index in [1.807, 2.05) is 6.92 Å². The summed E-state index contributed by atoms with van der Waals surface area (Å²) in [7, 11) is 1.53. The Balaban J connectivity index is 4.46. The van der Waals surface area contributed by atoms with Crippen molar-refractivity contribution in [2.45, 2.75) is 32.4 Å². The van der Waals surface area contributed by atoms with Gasteiger partial charge in [0.2, 0.25) is 11.8 Å². The van der Waals surface area contributed by atoms with E-state index in [0.29, 0.717) is 6.54 Å². The maximum Gasteiger partial charge on any atom is 0.243 e. The summed E-state index contributed by atoms with van der Waals surface area (Å²) in [5, 5.41) is 8.17. The standard InChI is InChI=1S/C10H21N3O2S/c1-5-12-10(2,3)9(15)13-7(6-16)8(14)11-4/h7,12,16H,5-6H2,1-4H3,(H,11,14)(H,13,15)/t7-/m1/s1. The average molecular weight is 247 g/mol. The molecule has 0 spiro atoms. The highest BCUT2D eigenvalue weighted by Gasteiger charge is 2.29. The monoisotopic (exact) mass is 247 g/mol. The third-order valence-corrected chi connectivity index (χ3v) is 2.60. The zero-order valence-corrected chi connectivity index (χ0v) is 11.1. The molecule has 3 N–H and O–H groups in total. The fourth-order valence-electron chi connectivity index (χ4n) is 1.23. The quantitative estimate of drug-likeness (QED) is 0.480. The van der Waals surface area contributed by atoms with E-state index in [1.54, 1.807) is 13.8 Å². The van der Waals surface area contributed by atoms with Crippen LogP contribution in [0.3, 0.4) is 0 Å². The van der Waals surface area contributed by atoms with Crippen molar-refractivity contribution in [2.24, 2.45) is 0 Å². The van der Waals surface area contributed by atoms with Crippen molar-refractivity contribution in [3.05, 3.63) is 0 Å². The molecule has 0 saturated heterocycles. The van der Waals surface area contributed by atoms with Crippen molar-refractivity contribution in [3.8, 4) is 0 Å². The van der Waals surface area contributed by atoms with Gasteiger partial charge in [0.25, 0.3) is 0 Å². The molecule has 0 fully saturated rings. The van der Waals surface area contributed by atoms with E-state index in [0.717, 1.165) is 0 Å².